The highest BCUT2D eigenvalue weighted by molar-refractivity contribution is 9.10. The van der Waals surface area contributed by atoms with Crippen LogP contribution in [-0.2, 0) is 0 Å². The predicted molar refractivity (Wildman–Crippen MR) is 99.6 cm³/mol. The Labute approximate surface area is 149 Å². The first-order valence-electron chi connectivity index (χ1n) is 7.76. The van der Waals surface area contributed by atoms with Gasteiger partial charge in [-0.1, -0.05) is 29.8 Å². The van der Waals surface area contributed by atoms with E-state index >= 15 is 0 Å². The van der Waals surface area contributed by atoms with Crippen molar-refractivity contribution in [3.05, 3.63) is 57.5 Å². The summed E-state index contributed by atoms with van der Waals surface area (Å²) in [6, 6.07) is 13.0. The van der Waals surface area contributed by atoms with E-state index in [1.54, 1.807) is 6.07 Å². The van der Waals surface area contributed by atoms with Crippen molar-refractivity contribution in [2.75, 3.05) is 23.3 Å². The Kier molecular flexibility index (Phi) is 5.23. The molecule has 0 aliphatic carbocycles. The number of para-hydroxylation sites is 1. The van der Waals surface area contributed by atoms with E-state index in [1.165, 1.54) is 6.42 Å². The van der Waals surface area contributed by atoms with Crippen molar-refractivity contribution in [1.82, 2.24) is 0 Å². The molecule has 23 heavy (non-hydrogen) atoms. The van der Waals surface area contributed by atoms with Crippen LogP contribution in [0.3, 0.4) is 0 Å². The topological polar surface area (TPSA) is 32.3 Å². The van der Waals surface area contributed by atoms with Gasteiger partial charge in [-0.25, -0.2) is 0 Å². The smallest absolute Gasteiger partial charge is 0.256 e. The second kappa shape index (κ2) is 7.37. The Morgan fingerprint density at radius 3 is 2.52 bits per heavy atom. The highest BCUT2D eigenvalue weighted by Gasteiger charge is 2.19. The fourth-order valence-electron chi connectivity index (χ4n) is 2.89. The van der Waals surface area contributed by atoms with Crippen molar-refractivity contribution in [3.8, 4) is 0 Å². The zero-order chi connectivity index (χ0) is 16.2. The number of halogens is 2. The van der Waals surface area contributed by atoms with Gasteiger partial charge in [0.05, 0.1) is 22.0 Å². The maximum Gasteiger partial charge on any atom is 0.256 e. The quantitative estimate of drug-likeness (QED) is 0.763. The summed E-state index contributed by atoms with van der Waals surface area (Å²) in [5.41, 5.74) is 2.30. The third kappa shape index (κ3) is 3.70. The molecule has 120 valence electrons. The number of carbonyl (C=O) groups excluding carboxylic acids is 1. The van der Waals surface area contributed by atoms with Crippen LogP contribution in [0.2, 0.25) is 5.02 Å². The minimum absolute atomic E-state index is 0.141. The molecule has 0 unspecified atom stereocenters. The standard InChI is InChI=1S/C18H18BrClN2O/c19-14-8-3-2-7-13(14)18(23)21-16-10-6-9-15(20)17(16)22-11-4-1-5-12-22/h2-3,6-10H,1,4-5,11-12H2,(H,21,23). The minimum atomic E-state index is -0.141. The summed E-state index contributed by atoms with van der Waals surface area (Å²) in [5, 5.41) is 3.69. The average molecular weight is 394 g/mol. The second-order valence-electron chi connectivity index (χ2n) is 5.62. The molecule has 2 aromatic rings. The number of benzene rings is 2. The number of carbonyl (C=O) groups is 1. The van der Waals surface area contributed by atoms with Crippen LogP contribution in [-0.4, -0.2) is 19.0 Å². The van der Waals surface area contributed by atoms with Gasteiger partial charge in [0.15, 0.2) is 0 Å². The molecule has 0 aromatic heterocycles. The van der Waals surface area contributed by atoms with Gasteiger partial charge < -0.3 is 10.2 Å². The van der Waals surface area contributed by atoms with Crippen LogP contribution in [0.15, 0.2) is 46.9 Å². The van der Waals surface area contributed by atoms with E-state index in [0.29, 0.717) is 10.6 Å². The molecule has 3 rings (SSSR count). The van der Waals surface area contributed by atoms with Crippen molar-refractivity contribution in [3.63, 3.8) is 0 Å². The molecule has 1 saturated heterocycles. The number of piperidine rings is 1. The maximum absolute atomic E-state index is 12.6. The van der Waals surface area contributed by atoms with Gasteiger partial charge in [-0.05, 0) is 59.5 Å². The average Bonchev–Trinajstić information content (AvgIpc) is 2.56. The first-order valence-corrected chi connectivity index (χ1v) is 8.93. The van der Waals surface area contributed by atoms with Crippen LogP contribution in [0.1, 0.15) is 29.6 Å². The molecule has 1 aliphatic heterocycles. The van der Waals surface area contributed by atoms with E-state index in [9.17, 15) is 4.79 Å². The molecule has 3 nitrogen and oxygen atoms in total. The molecule has 1 heterocycles. The van der Waals surface area contributed by atoms with E-state index in [4.69, 9.17) is 11.6 Å². The van der Waals surface area contributed by atoms with Crippen LogP contribution in [0.4, 0.5) is 11.4 Å². The van der Waals surface area contributed by atoms with Crippen LogP contribution < -0.4 is 10.2 Å². The number of rotatable bonds is 3. The van der Waals surface area contributed by atoms with Crippen LogP contribution in [0.5, 0.6) is 0 Å². The molecular weight excluding hydrogens is 376 g/mol. The van der Waals surface area contributed by atoms with Gasteiger partial charge in [-0.15, -0.1) is 0 Å². The molecule has 1 amide bonds. The molecule has 0 bridgehead atoms. The van der Waals surface area contributed by atoms with Gasteiger partial charge in [0, 0.05) is 17.6 Å². The second-order valence-corrected chi connectivity index (χ2v) is 6.88. The molecule has 1 N–H and O–H groups in total. The Morgan fingerprint density at radius 2 is 1.78 bits per heavy atom. The molecule has 0 radical (unpaired) electrons. The summed E-state index contributed by atoms with van der Waals surface area (Å²) in [6.45, 7) is 1.95. The van der Waals surface area contributed by atoms with E-state index in [2.05, 4.69) is 26.1 Å². The van der Waals surface area contributed by atoms with Crippen molar-refractivity contribution < 1.29 is 4.79 Å². The van der Waals surface area contributed by atoms with Crippen molar-refractivity contribution in [2.45, 2.75) is 19.3 Å². The minimum Gasteiger partial charge on any atom is -0.369 e. The normalized spacial score (nSPS) is 14.6. The Bertz CT molecular complexity index is 714. The third-order valence-electron chi connectivity index (χ3n) is 4.03. The van der Waals surface area contributed by atoms with Crippen LogP contribution in [0.25, 0.3) is 0 Å². The lowest BCUT2D eigenvalue weighted by atomic mass is 10.1. The van der Waals surface area contributed by atoms with Crippen molar-refractivity contribution >= 4 is 44.8 Å². The van der Waals surface area contributed by atoms with Gasteiger partial charge in [0.1, 0.15) is 0 Å². The predicted octanol–water partition coefficient (Wildman–Crippen LogP) is 5.35. The first kappa shape index (κ1) is 16.3. The highest BCUT2D eigenvalue weighted by Crippen LogP contribution is 2.36. The van der Waals surface area contributed by atoms with Crippen LogP contribution in [0, 0.1) is 0 Å². The molecule has 0 atom stereocenters. The number of nitrogens with one attached hydrogen (secondary N) is 1. The van der Waals surface area contributed by atoms with Gasteiger partial charge >= 0.3 is 0 Å². The number of anilines is 2. The maximum atomic E-state index is 12.6. The summed E-state index contributed by atoms with van der Waals surface area (Å²) >= 11 is 9.84. The number of amides is 1. The largest absolute Gasteiger partial charge is 0.369 e. The van der Waals surface area contributed by atoms with E-state index in [0.717, 1.165) is 41.8 Å². The highest BCUT2D eigenvalue weighted by atomic mass is 79.9. The monoisotopic (exact) mass is 392 g/mol. The Hall–Kier alpha value is -1.52. The third-order valence-corrected chi connectivity index (χ3v) is 5.02. The number of hydrogen-bond acceptors (Lipinski definition) is 2. The van der Waals surface area contributed by atoms with Gasteiger partial charge in [0.2, 0.25) is 0 Å². The number of nitrogens with zero attached hydrogens (tertiary/aromatic N) is 1. The Morgan fingerprint density at radius 1 is 1.04 bits per heavy atom. The fraction of sp³-hybridized carbons (Fsp3) is 0.278. The zero-order valence-corrected chi connectivity index (χ0v) is 15.0. The van der Waals surface area contributed by atoms with E-state index in [-0.39, 0.29) is 5.91 Å². The lowest BCUT2D eigenvalue weighted by molar-refractivity contribution is 0.102. The van der Waals surface area contributed by atoms with Crippen LogP contribution >= 0.6 is 27.5 Å². The summed E-state index contributed by atoms with van der Waals surface area (Å²) in [5.74, 6) is -0.141. The van der Waals surface area contributed by atoms with E-state index in [1.807, 2.05) is 36.4 Å². The van der Waals surface area contributed by atoms with Gasteiger partial charge in [-0.3, -0.25) is 4.79 Å². The molecule has 1 fully saturated rings. The van der Waals surface area contributed by atoms with Gasteiger partial charge in [-0.2, -0.15) is 0 Å². The lowest BCUT2D eigenvalue weighted by Crippen LogP contribution is -2.30. The fourth-order valence-corrected chi connectivity index (χ4v) is 3.65. The Balaban J connectivity index is 1.89. The summed E-state index contributed by atoms with van der Waals surface area (Å²) < 4.78 is 0.777. The van der Waals surface area contributed by atoms with E-state index < -0.39 is 0 Å². The molecule has 1 aliphatic rings. The lowest BCUT2D eigenvalue weighted by Gasteiger charge is -2.31. The summed E-state index contributed by atoms with van der Waals surface area (Å²) in [4.78, 5) is 14.8. The molecular formula is C18H18BrClN2O. The summed E-state index contributed by atoms with van der Waals surface area (Å²) in [6.07, 6.45) is 3.56. The van der Waals surface area contributed by atoms with Crippen molar-refractivity contribution in [1.29, 1.82) is 0 Å². The van der Waals surface area contributed by atoms with Gasteiger partial charge in [0.25, 0.3) is 5.91 Å². The molecule has 5 heteroatoms. The summed E-state index contributed by atoms with van der Waals surface area (Å²) in [7, 11) is 0. The molecule has 0 saturated carbocycles. The SMILES string of the molecule is O=C(Nc1cccc(Cl)c1N1CCCCC1)c1ccccc1Br. The number of hydrogen-bond donors (Lipinski definition) is 1. The van der Waals surface area contributed by atoms with Crippen molar-refractivity contribution in [2.24, 2.45) is 0 Å². The first-order chi connectivity index (χ1) is 11.2. The molecule has 0 spiro atoms. The molecule has 2 aromatic carbocycles. The zero-order valence-electron chi connectivity index (χ0n) is 12.7.